The number of amides is 1. The van der Waals surface area contributed by atoms with Crippen molar-refractivity contribution in [3.63, 3.8) is 0 Å². The summed E-state index contributed by atoms with van der Waals surface area (Å²) in [7, 11) is 0. The van der Waals surface area contributed by atoms with Gasteiger partial charge in [0.25, 0.3) is 5.91 Å². The summed E-state index contributed by atoms with van der Waals surface area (Å²) in [4.78, 5) is 12.3. The van der Waals surface area contributed by atoms with Gasteiger partial charge in [0, 0.05) is 10.0 Å². The minimum atomic E-state index is -0.00162. The van der Waals surface area contributed by atoms with E-state index in [9.17, 15) is 4.79 Å². The second-order valence-electron chi connectivity index (χ2n) is 5.21. The van der Waals surface area contributed by atoms with E-state index in [1.54, 1.807) is 0 Å². The first-order chi connectivity index (χ1) is 9.74. The van der Waals surface area contributed by atoms with Gasteiger partial charge in [-0.1, -0.05) is 46.3 Å². The number of hydrogen-bond acceptors (Lipinski definition) is 1. The smallest absolute Gasteiger partial charge is 0.251 e. The van der Waals surface area contributed by atoms with Crippen molar-refractivity contribution in [2.24, 2.45) is 5.92 Å². The summed E-state index contributed by atoms with van der Waals surface area (Å²) in [5.41, 5.74) is 1.90. The molecule has 1 N–H and O–H groups in total. The molecule has 1 aliphatic carbocycles. The lowest BCUT2D eigenvalue weighted by molar-refractivity contribution is 0.0931. The van der Waals surface area contributed by atoms with Crippen molar-refractivity contribution in [1.29, 1.82) is 0 Å². The number of halogens is 1. The highest BCUT2D eigenvalue weighted by Gasteiger charge is 2.33. The minimum absolute atomic E-state index is 0.00162. The van der Waals surface area contributed by atoms with Crippen LogP contribution < -0.4 is 5.32 Å². The Labute approximate surface area is 127 Å². The second-order valence-corrected chi connectivity index (χ2v) is 6.12. The Balaban J connectivity index is 1.77. The molecule has 0 heterocycles. The van der Waals surface area contributed by atoms with Crippen molar-refractivity contribution in [3.05, 3.63) is 70.2 Å². The van der Waals surface area contributed by atoms with Gasteiger partial charge in [-0.25, -0.2) is 0 Å². The first-order valence-electron chi connectivity index (χ1n) is 6.85. The van der Waals surface area contributed by atoms with E-state index in [4.69, 9.17) is 0 Å². The van der Waals surface area contributed by atoms with Gasteiger partial charge >= 0.3 is 0 Å². The fourth-order valence-corrected chi connectivity index (χ4v) is 2.65. The van der Waals surface area contributed by atoms with E-state index >= 15 is 0 Å². The Bertz CT molecular complexity index is 590. The number of rotatable bonds is 4. The first kappa shape index (κ1) is 13.4. The molecule has 1 saturated carbocycles. The van der Waals surface area contributed by atoms with Crippen molar-refractivity contribution in [1.82, 2.24) is 5.32 Å². The summed E-state index contributed by atoms with van der Waals surface area (Å²) in [6, 6.07) is 17.8. The zero-order valence-electron chi connectivity index (χ0n) is 11.1. The predicted molar refractivity (Wildman–Crippen MR) is 83.5 cm³/mol. The molecule has 2 aromatic rings. The van der Waals surface area contributed by atoms with Crippen LogP contribution in [0.1, 0.15) is 34.8 Å². The van der Waals surface area contributed by atoms with E-state index < -0.39 is 0 Å². The molecule has 0 saturated heterocycles. The molecule has 0 aromatic heterocycles. The first-order valence-corrected chi connectivity index (χ1v) is 7.65. The highest BCUT2D eigenvalue weighted by atomic mass is 79.9. The topological polar surface area (TPSA) is 29.1 Å². The van der Waals surface area contributed by atoms with E-state index in [1.807, 2.05) is 42.5 Å². The Hall–Kier alpha value is -1.61. The van der Waals surface area contributed by atoms with Crippen LogP contribution in [0.3, 0.4) is 0 Å². The number of carbonyl (C=O) groups is 1. The SMILES string of the molecule is O=C(NC(c1ccccc1)C1CC1)c1ccc(Br)cc1. The molecule has 1 amide bonds. The molecule has 0 radical (unpaired) electrons. The van der Waals surface area contributed by atoms with Crippen LogP contribution in [-0.2, 0) is 0 Å². The van der Waals surface area contributed by atoms with Crippen LogP contribution in [0, 0.1) is 5.92 Å². The highest BCUT2D eigenvalue weighted by molar-refractivity contribution is 9.10. The number of benzene rings is 2. The average Bonchev–Trinajstić information content (AvgIpc) is 3.31. The van der Waals surface area contributed by atoms with E-state index in [-0.39, 0.29) is 11.9 Å². The highest BCUT2D eigenvalue weighted by Crippen LogP contribution is 2.41. The third-order valence-electron chi connectivity index (χ3n) is 3.65. The molecule has 2 aromatic carbocycles. The Morgan fingerprint density at radius 2 is 1.70 bits per heavy atom. The monoisotopic (exact) mass is 329 g/mol. The predicted octanol–water partition coefficient (Wildman–Crippen LogP) is 4.33. The van der Waals surface area contributed by atoms with Crippen LogP contribution in [0.2, 0.25) is 0 Å². The van der Waals surface area contributed by atoms with Gasteiger partial charge in [0.1, 0.15) is 0 Å². The van der Waals surface area contributed by atoms with E-state index in [0.29, 0.717) is 11.5 Å². The molecule has 0 aliphatic heterocycles. The third-order valence-corrected chi connectivity index (χ3v) is 4.17. The van der Waals surface area contributed by atoms with Crippen molar-refractivity contribution in [3.8, 4) is 0 Å². The minimum Gasteiger partial charge on any atom is -0.345 e. The lowest BCUT2D eigenvalue weighted by atomic mass is 10.0. The molecule has 20 heavy (non-hydrogen) atoms. The van der Waals surface area contributed by atoms with Gasteiger partial charge in [0.05, 0.1) is 6.04 Å². The fourth-order valence-electron chi connectivity index (χ4n) is 2.39. The quantitative estimate of drug-likeness (QED) is 0.888. The van der Waals surface area contributed by atoms with Crippen LogP contribution in [0.25, 0.3) is 0 Å². The molecule has 1 fully saturated rings. The standard InChI is InChI=1S/C17H16BrNO/c18-15-10-8-14(9-11-15)17(20)19-16(13-6-7-13)12-4-2-1-3-5-12/h1-5,8-11,13,16H,6-7H2,(H,19,20). The summed E-state index contributed by atoms with van der Waals surface area (Å²) in [5.74, 6) is 0.579. The molecule has 1 atom stereocenters. The summed E-state index contributed by atoms with van der Waals surface area (Å²) in [6.07, 6.45) is 2.39. The second kappa shape index (κ2) is 5.80. The van der Waals surface area contributed by atoms with E-state index in [1.165, 1.54) is 18.4 Å². The van der Waals surface area contributed by atoms with Crippen molar-refractivity contribution >= 4 is 21.8 Å². The Morgan fingerprint density at radius 1 is 1.05 bits per heavy atom. The van der Waals surface area contributed by atoms with E-state index in [2.05, 4.69) is 33.4 Å². The van der Waals surface area contributed by atoms with Gasteiger partial charge in [0.2, 0.25) is 0 Å². The van der Waals surface area contributed by atoms with Gasteiger partial charge < -0.3 is 5.32 Å². The van der Waals surface area contributed by atoms with Gasteiger partial charge in [-0.3, -0.25) is 4.79 Å². The molecule has 102 valence electrons. The van der Waals surface area contributed by atoms with Gasteiger partial charge in [-0.15, -0.1) is 0 Å². The van der Waals surface area contributed by atoms with Gasteiger partial charge in [-0.2, -0.15) is 0 Å². The van der Waals surface area contributed by atoms with Crippen molar-refractivity contribution in [2.45, 2.75) is 18.9 Å². The molecule has 0 spiro atoms. The molecule has 1 aliphatic rings. The molecular formula is C17H16BrNO. The van der Waals surface area contributed by atoms with Crippen LogP contribution in [0.4, 0.5) is 0 Å². The Morgan fingerprint density at radius 3 is 2.30 bits per heavy atom. The maximum Gasteiger partial charge on any atom is 0.251 e. The summed E-state index contributed by atoms with van der Waals surface area (Å²) >= 11 is 3.38. The summed E-state index contributed by atoms with van der Waals surface area (Å²) in [5, 5.41) is 3.18. The van der Waals surface area contributed by atoms with E-state index in [0.717, 1.165) is 4.47 Å². The lowest BCUT2D eigenvalue weighted by Gasteiger charge is -2.19. The number of hydrogen-bond donors (Lipinski definition) is 1. The largest absolute Gasteiger partial charge is 0.345 e. The maximum atomic E-state index is 12.3. The van der Waals surface area contributed by atoms with Crippen LogP contribution in [0.5, 0.6) is 0 Å². The third kappa shape index (κ3) is 3.10. The summed E-state index contributed by atoms with van der Waals surface area (Å²) < 4.78 is 0.982. The van der Waals surface area contributed by atoms with Gasteiger partial charge in [0.15, 0.2) is 0 Å². The Kier molecular flexibility index (Phi) is 3.88. The summed E-state index contributed by atoms with van der Waals surface area (Å²) in [6.45, 7) is 0. The normalized spacial score (nSPS) is 15.7. The lowest BCUT2D eigenvalue weighted by Crippen LogP contribution is -2.29. The molecular weight excluding hydrogens is 314 g/mol. The molecule has 2 nitrogen and oxygen atoms in total. The van der Waals surface area contributed by atoms with Crippen LogP contribution in [0.15, 0.2) is 59.1 Å². The van der Waals surface area contributed by atoms with Gasteiger partial charge in [-0.05, 0) is 48.6 Å². The van der Waals surface area contributed by atoms with Crippen LogP contribution in [-0.4, -0.2) is 5.91 Å². The molecule has 1 unspecified atom stereocenters. The van der Waals surface area contributed by atoms with Crippen molar-refractivity contribution < 1.29 is 4.79 Å². The molecule has 3 rings (SSSR count). The maximum absolute atomic E-state index is 12.3. The zero-order valence-corrected chi connectivity index (χ0v) is 12.6. The molecule has 3 heteroatoms. The number of nitrogens with one attached hydrogen (secondary N) is 1. The van der Waals surface area contributed by atoms with Crippen LogP contribution >= 0.6 is 15.9 Å². The number of carbonyl (C=O) groups excluding carboxylic acids is 1. The average molecular weight is 330 g/mol. The van der Waals surface area contributed by atoms with Crippen molar-refractivity contribution in [2.75, 3.05) is 0 Å². The molecule has 0 bridgehead atoms. The fraction of sp³-hybridized carbons (Fsp3) is 0.235. The zero-order chi connectivity index (χ0) is 13.9.